The predicted octanol–water partition coefficient (Wildman–Crippen LogP) is 3.68. The van der Waals surface area contributed by atoms with E-state index in [1.807, 2.05) is 31.2 Å². The van der Waals surface area contributed by atoms with Crippen molar-refractivity contribution in [2.45, 2.75) is 6.92 Å². The maximum atomic E-state index is 9.52. The minimum Gasteiger partial charge on any atom is -0.504 e. The maximum Gasteiger partial charge on any atom is 0.231 e. The number of phenolic OH excluding ortho intramolecular Hbond substituents is 2. The number of hydrogen-bond donors (Lipinski definition) is 2. The molecule has 0 fully saturated rings. The van der Waals surface area contributed by atoms with Gasteiger partial charge in [0.25, 0.3) is 0 Å². The molecule has 0 aliphatic heterocycles. The Bertz CT molecular complexity index is 843. The van der Waals surface area contributed by atoms with Gasteiger partial charge in [0.05, 0.1) is 0 Å². The summed E-state index contributed by atoms with van der Waals surface area (Å²) in [5.74, 6) is -0.344. The second-order valence-electron chi connectivity index (χ2n) is 4.77. The molecule has 0 saturated heterocycles. The lowest BCUT2D eigenvalue weighted by molar-refractivity contribution is 0.404. The fourth-order valence-corrected chi connectivity index (χ4v) is 2.61. The van der Waals surface area contributed by atoms with Crippen molar-refractivity contribution < 1.29 is 10.2 Å². The summed E-state index contributed by atoms with van der Waals surface area (Å²) >= 11 is 1.31. The van der Waals surface area contributed by atoms with Gasteiger partial charge in [0.2, 0.25) is 5.13 Å². The number of phenols is 2. The number of aliphatic imine (C=N–C) groups is 1. The highest BCUT2D eigenvalue weighted by molar-refractivity contribution is 7.18. The molecule has 0 aliphatic rings. The zero-order valence-electron chi connectivity index (χ0n) is 11.8. The Labute approximate surface area is 131 Å². The zero-order valence-corrected chi connectivity index (χ0v) is 12.6. The first-order chi connectivity index (χ1) is 10.6. The maximum absolute atomic E-state index is 9.52. The Morgan fingerprint density at radius 1 is 1.05 bits per heavy atom. The Balaban J connectivity index is 1.83. The summed E-state index contributed by atoms with van der Waals surface area (Å²) in [7, 11) is 0. The van der Waals surface area contributed by atoms with Gasteiger partial charge in [0.1, 0.15) is 5.01 Å². The molecule has 2 aromatic carbocycles. The molecule has 5 nitrogen and oxygen atoms in total. The number of nitrogens with zero attached hydrogens (tertiary/aromatic N) is 3. The van der Waals surface area contributed by atoms with Gasteiger partial charge in [0, 0.05) is 11.8 Å². The topological polar surface area (TPSA) is 78.6 Å². The van der Waals surface area contributed by atoms with E-state index < -0.39 is 0 Å². The van der Waals surface area contributed by atoms with E-state index in [-0.39, 0.29) is 11.5 Å². The van der Waals surface area contributed by atoms with Crippen LogP contribution >= 0.6 is 11.3 Å². The molecule has 0 aliphatic carbocycles. The van der Waals surface area contributed by atoms with Crippen LogP contribution in [-0.2, 0) is 0 Å². The van der Waals surface area contributed by atoms with Crippen LogP contribution in [0.3, 0.4) is 0 Å². The lowest BCUT2D eigenvalue weighted by Gasteiger charge is -1.98. The van der Waals surface area contributed by atoms with Gasteiger partial charge in [0.15, 0.2) is 11.5 Å². The van der Waals surface area contributed by atoms with Crippen molar-refractivity contribution in [1.29, 1.82) is 0 Å². The number of rotatable bonds is 3. The minimum atomic E-state index is -0.183. The van der Waals surface area contributed by atoms with E-state index in [0.717, 1.165) is 5.56 Å². The molecule has 1 aromatic heterocycles. The van der Waals surface area contributed by atoms with Gasteiger partial charge >= 0.3 is 0 Å². The van der Waals surface area contributed by atoms with E-state index in [1.165, 1.54) is 29.0 Å². The number of aromatic hydroxyl groups is 2. The van der Waals surface area contributed by atoms with Crippen molar-refractivity contribution in [3.8, 4) is 22.1 Å². The molecule has 0 radical (unpaired) electrons. The summed E-state index contributed by atoms with van der Waals surface area (Å²) in [6, 6.07) is 12.5. The Kier molecular flexibility index (Phi) is 3.84. The summed E-state index contributed by atoms with van der Waals surface area (Å²) < 4.78 is 0. The van der Waals surface area contributed by atoms with Gasteiger partial charge in [-0.3, -0.25) is 0 Å². The summed E-state index contributed by atoms with van der Waals surface area (Å²) in [6.45, 7) is 2.03. The summed E-state index contributed by atoms with van der Waals surface area (Å²) in [5.41, 5.74) is 2.85. The van der Waals surface area contributed by atoms with Crippen LogP contribution in [0.2, 0.25) is 0 Å². The second-order valence-corrected chi connectivity index (χ2v) is 5.72. The monoisotopic (exact) mass is 311 g/mol. The SMILES string of the molecule is Cc1cccc(C=Nc2nnc(-c3ccc(O)c(O)c3)s2)c1. The predicted molar refractivity (Wildman–Crippen MR) is 87.1 cm³/mol. The van der Waals surface area contributed by atoms with Crippen molar-refractivity contribution in [2.24, 2.45) is 4.99 Å². The van der Waals surface area contributed by atoms with E-state index in [2.05, 4.69) is 15.2 Å². The molecule has 0 saturated carbocycles. The fourth-order valence-electron chi connectivity index (χ4n) is 1.92. The van der Waals surface area contributed by atoms with Gasteiger partial charge in [-0.05, 0) is 30.7 Å². The Morgan fingerprint density at radius 3 is 2.68 bits per heavy atom. The average Bonchev–Trinajstić information content (AvgIpc) is 2.97. The largest absolute Gasteiger partial charge is 0.504 e. The van der Waals surface area contributed by atoms with Crippen LogP contribution < -0.4 is 0 Å². The Morgan fingerprint density at radius 2 is 1.91 bits per heavy atom. The molecule has 3 aromatic rings. The van der Waals surface area contributed by atoms with Crippen LogP contribution in [0.1, 0.15) is 11.1 Å². The summed E-state index contributed by atoms with van der Waals surface area (Å²) in [5, 5.41) is 28.1. The first-order valence-corrected chi connectivity index (χ1v) is 7.40. The standard InChI is InChI=1S/C16H13N3O2S/c1-10-3-2-4-11(7-10)9-17-16-19-18-15(22-16)12-5-6-13(20)14(21)8-12/h2-9,20-21H,1H3. The first-order valence-electron chi connectivity index (χ1n) is 6.58. The van der Waals surface area contributed by atoms with Crippen LogP contribution in [0.4, 0.5) is 5.13 Å². The quantitative estimate of drug-likeness (QED) is 0.571. The second kappa shape index (κ2) is 5.95. The molecule has 2 N–H and O–H groups in total. The molecule has 0 spiro atoms. The van der Waals surface area contributed by atoms with Gasteiger partial charge in [-0.25, -0.2) is 4.99 Å². The molecule has 22 heavy (non-hydrogen) atoms. The Hall–Kier alpha value is -2.73. The van der Waals surface area contributed by atoms with E-state index in [0.29, 0.717) is 15.7 Å². The molecule has 3 rings (SSSR count). The molecular formula is C16H13N3O2S. The summed E-state index contributed by atoms with van der Waals surface area (Å²) in [6.07, 6.45) is 1.74. The van der Waals surface area contributed by atoms with E-state index >= 15 is 0 Å². The first kappa shape index (κ1) is 14.2. The fraction of sp³-hybridized carbons (Fsp3) is 0.0625. The van der Waals surface area contributed by atoms with Crippen molar-refractivity contribution in [3.05, 3.63) is 53.6 Å². The minimum absolute atomic E-state index is 0.161. The molecule has 0 atom stereocenters. The molecular weight excluding hydrogens is 298 g/mol. The van der Waals surface area contributed by atoms with E-state index in [1.54, 1.807) is 12.3 Å². The van der Waals surface area contributed by atoms with Gasteiger partial charge < -0.3 is 10.2 Å². The van der Waals surface area contributed by atoms with Crippen LogP contribution in [0.5, 0.6) is 11.5 Å². The van der Waals surface area contributed by atoms with E-state index in [4.69, 9.17) is 0 Å². The zero-order chi connectivity index (χ0) is 15.5. The number of benzene rings is 2. The van der Waals surface area contributed by atoms with Crippen LogP contribution in [0, 0.1) is 6.92 Å². The number of aromatic nitrogens is 2. The lowest BCUT2D eigenvalue weighted by atomic mass is 10.2. The molecule has 110 valence electrons. The summed E-state index contributed by atoms with van der Waals surface area (Å²) in [4.78, 5) is 4.31. The van der Waals surface area contributed by atoms with Crippen molar-refractivity contribution in [3.63, 3.8) is 0 Å². The molecule has 6 heteroatoms. The van der Waals surface area contributed by atoms with Gasteiger partial charge in [-0.1, -0.05) is 41.2 Å². The third-order valence-electron chi connectivity index (χ3n) is 3.00. The highest BCUT2D eigenvalue weighted by atomic mass is 32.1. The van der Waals surface area contributed by atoms with Gasteiger partial charge in [-0.15, -0.1) is 10.2 Å². The highest BCUT2D eigenvalue weighted by Gasteiger charge is 2.08. The lowest BCUT2D eigenvalue weighted by Crippen LogP contribution is -1.81. The number of hydrogen-bond acceptors (Lipinski definition) is 6. The van der Waals surface area contributed by atoms with Crippen LogP contribution in [-0.4, -0.2) is 26.6 Å². The van der Waals surface area contributed by atoms with Crippen LogP contribution in [0.15, 0.2) is 47.5 Å². The van der Waals surface area contributed by atoms with Gasteiger partial charge in [-0.2, -0.15) is 0 Å². The van der Waals surface area contributed by atoms with Crippen molar-refractivity contribution in [1.82, 2.24) is 10.2 Å². The number of aryl methyl sites for hydroxylation is 1. The molecule has 0 bridgehead atoms. The third-order valence-corrected chi connectivity index (χ3v) is 3.88. The van der Waals surface area contributed by atoms with Crippen LogP contribution in [0.25, 0.3) is 10.6 Å². The molecule has 1 heterocycles. The molecule has 0 amide bonds. The normalized spacial score (nSPS) is 11.1. The molecule has 0 unspecified atom stereocenters. The van der Waals surface area contributed by atoms with Crippen molar-refractivity contribution >= 4 is 22.7 Å². The van der Waals surface area contributed by atoms with Crippen molar-refractivity contribution in [2.75, 3.05) is 0 Å². The van der Waals surface area contributed by atoms with E-state index in [9.17, 15) is 10.2 Å². The smallest absolute Gasteiger partial charge is 0.231 e. The average molecular weight is 311 g/mol. The highest BCUT2D eigenvalue weighted by Crippen LogP contribution is 2.33. The third kappa shape index (κ3) is 3.12.